The van der Waals surface area contributed by atoms with Gasteiger partial charge in [0.05, 0.1) is 19.3 Å². The van der Waals surface area contributed by atoms with E-state index in [1.807, 2.05) is 37.3 Å². The van der Waals surface area contributed by atoms with Gasteiger partial charge in [0.1, 0.15) is 18.1 Å². The molecule has 34 heavy (non-hydrogen) atoms. The van der Waals surface area contributed by atoms with Crippen LogP contribution in [0.2, 0.25) is 0 Å². The molecule has 0 saturated heterocycles. The van der Waals surface area contributed by atoms with Crippen LogP contribution in [0.25, 0.3) is 22.3 Å². The summed E-state index contributed by atoms with van der Waals surface area (Å²) in [6, 6.07) is 22.9. The minimum Gasteiger partial charge on any atom is -0.508 e. The van der Waals surface area contributed by atoms with E-state index < -0.39 is 0 Å². The lowest BCUT2D eigenvalue weighted by Crippen LogP contribution is -1.99. The molecule has 4 aromatic carbocycles. The number of phenols is 3. The number of hydrogen-bond donors (Lipinski definition) is 3. The van der Waals surface area contributed by atoms with Crippen molar-refractivity contribution in [2.75, 3.05) is 13.7 Å². The fraction of sp³-hybridized carbons (Fsp3) is 0.143. The molecule has 0 aliphatic carbocycles. The Bertz CT molecular complexity index is 1270. The second-order valence-electron chi connectivity index (χ2n) is 7.62. The topological polar surface area (TPSA) is 88.4 Å². The molecule has 0 spiro atoms. The number of benzene rings is 4. The molecule has 0 bridgehead atoms. The molecule has 4 rings (SSSR count). The predicted molar refractivity (Wildman–Crippen MR) is 131 cm³/mol. The maximum absolute atomic E-state index is 11.2. The molecule has 0 saturated carbocycles. The SMILES string of the molecule is CCOc1c(-c2ccc(O)cc2)cc(OC)c(-c2ccc(OCc3ccccc3)c(O)c2)c1O. The normalized spacial score (nSPS) is 10.6. The van der Waals surface area contributed by atoms with Gasteiger partial charge in [0.25, 0.3) is 0 Å². The summed E-state index contributed by atoms with van der Waals surface area (Å²) in [5, 5.41) is 31.5. The van der Waals surface area contributed by atoms with Crippen molar-refractivity contribution in [2.24, 2.45) is 0 Å². The first-order chi connectivity index (χ1) is 16.5. The third kappa shape index (κ3) is 4.71. The summed E-state index contributed by atoms with van der Waals surface area (Å²) < 4.78 is 17.2. The molecule has 0 aromatic heterocycles. The van der Waals surface area contributed by atoms with E-state index in [9.17, 15) is 15.3 Å². The van der Waals surface area contributed by atoms with Crippen molar-refractivity contribution in [3.05, 3.63) is 84.4 Å². The van der Waals surface area contributed by atoms with Crippen molar-refractivity contribution < 1.29 is 29.5 Å². The van der Waals surface area contributed by atoms with Gasteiger partial charge in [0, 0.05) is 5.56 Å². The van der Waals surface area contributed by atoms with Gasteiger partial charge in [-0.3, -0.25) is 0 Å². The summed E-state index contributed by atoms with van der Waals surface area (Å²) in [7, 11) is 1.51. The van der Waals surface area contributed by atoms with Gasteiger partial charge in [0.15, 0.2) is 23.0 Å². The highest BCUT2D eigenvalue weighted by atomic mass is 16.5. The van der Waals surface area contributed by atoms with Crippen LogP contribution in [0.15, 0.2) is 78.9 Å². The van der Waals surface area contributed by atoms with E-state index >= 15 is 0 Å². The van der Waals surface area contributed by atoms with Crippen LogP contribution in [0, 0.1) is 0 Å². The Morgan fingerprint density at radius 2 is 1.44 bits per heavy atom. The van der Waals surface area contributed by atoms with E-state index in [0.29, 0.717) is 41.4 Å². The summed E-state index contributed by atoms with van der Waals surface area (Å²) >= 11 is 0. The highest BCUT2D eigenvalue weighted by molar-refractivity contribution is 5.88. The molecule has 0 unspecified atom stereocenters. The Hall–Kier alpha value is -4.32. The smallest absolute Gasteiger partial charge is 0.170 e. The molecule has 3 N–H and O–H groups in total. The lowest BCUT2D eigenvalue weighted by Gasteiger charge is -2.19. The number of aromatic hydroxyl groups is 3. The van der Waals surface area contributed by atoms with Gasteiger partial charge in [-0.05, 0) is 53.9 Å². The van der Waals surface area contributed by atoms with Crippen LogP contribution >= 0.6 is 0 Å². The maximum Gasteiger partial charge on any atom is 0.170 e. The van der Waals surface area contributed by atoms with E-state index in [2.05, 4.69) is 0 Å². The van der Waals surface area contributed by atoms with E-state index in [1.54, 1.807) is 42.5 Å². The van der Waals surface area contributed by atoms with Crippen molar-refractivity contribution in [3.8, 4) is 56.8 Å². The number of methoxy groups -OCH3 is 1. The van der Waals surface area contributed by atoms with Crippen LogP contribution in [-0.2, 0) is 6.61 Å². The van der Waals surface area contributed by atoms with E-state index in [4.69, 9.17) is 14.2 Å². The Morgan fingerprint density at radius 1 is 0.735 bits per heavy atom. The van der Waals surface area contributed by atoms with Gasteiger partial charge in [-0.2, -0.15) is 0 Å². The Labute approximate surface area is 198 Å². The van der Waals surface area contributed by atoms with Gasteiger partial charge in [0.2, 0.25) is 0 Å². The number of rotatable bonds is 8. The van der Waals surface area contributed by atoms with Crippen LogP contribution in [-0.4, -0.2) is 29.0 Å². The summed E-state index contributed by atoms with van der Waals surface area (Å²) in [6.45, 7) is 2.48. The van der Waals surface area contributed by atoms with Crippen LogP contribution in [0.3, 0.4) is 0 Å². The molecular weight excluding hydrogens is 432 g/mol. The molecule has 4 aromatic rings. The highest BCUT2D eigenvalue weighted by Gasteiger charge is 2.23. The van der Waals surface area contributed by atoms with Crippen LogP contribution < -0.4 is 14.2 Å². The zero-order valence-corrected chi connectivity index (χ0v) is 19.0. The Morgan fingerprint density at radius 3 is 2.09 bits per heavy atom. The van der Waals surface area contributed by atoms with Gasteiger partial charge in [-0.25, -0.2) is 0 Å². The number of hydrogen-bond acceptors (Lipinski definition) is 6. The van der Waals surface area contributed by atoms with E-state index in [1.165, 1.54) is 13.2 Å². The third-order valence-corrected chi connectivity index (χ3v) is 5.39. The quantitative estimate of drug-likeness (QED) is 0.295. The van der Waals surface area contributed by atoms with Gasteiger partial charge in [-0.1, -0.05) is 48.5 Å². The standard InChI is InChI=1S/C28H26O6/c1-3-33-28-22(19-9-12-21(29)13-10-19)16-25(32-2)26(27(28)31)20-11-14-24(23(30)15-20)34-17-18-7-5-4-6-8-18/h4-16,29-31H,3,17H2,1-2H3. The van der Waals surface area contributed by atoms with Crippen molar-refractivity contribution in [1.82, 2.24) is 0 Å². The van der Waals surface area contributed by atoms with Gasteiger partial charge in [-0.15, -0.1) is 0 Å². The summed E-state index contributed by atoms with van der Waals surface area (Å²) in [6.07, 6.45) is 0. The van der Waals surface area contributed by atoms with Gasteiger partial charge < -0.3 is 29.5 Å². The molecule has 0 aliphatic rings. The first kappa shape index (κ1) is 22.9. The lowest BCUT2D eigenvalue weighted by molar-refractivity contribution is 0.289. The molecule has 6 nitrogen and oxygen atoms in total. The zero-order chi connectivity index (χ0) is 24.1. The molecule has 0 atom stereocenters. The molecule has 0 aliphatic heterocycles. The summed E-state index contributed by atoms with van der Waals surface area (Å²) in [4.78, 5) is 0. The molecule has 0 heterocycles. The second-order valence-corrected chi connectivity index (χ2v) is 7.62. The molecule has 0 amide bonds. The molecule has 0 radical (unpaired) electrons. The molecular formula is C28H26O6. The minimum absolute atomic E-state index is 0.0598. The third-order valence-electron chi connectivity index (χ3n) is 5.39. The van der Waals surface area contributed by atoms with Crippen molar-refractivity contribution >= 4 is 0 Å². The van der Waals surface area contributed by atoms with Crippen LogP contribution in [0.4, 0.5) is 0 Å². The largest absolute Gasteiger partial charge is 0.508 e. The zero-order valence-electron chi connectivity index (χ0n) is 19.0. The fourth-order valence-electron chi connectivity index (χ4n) is 3.74. The average molecular weight is 459 g/mol. The van der Waals surface area contributed by atoms with Crippen LogP contribution in [0.5, 0.6) is 34.5 Å². The highest BCUT2D eigenvalue weighted by Crippen LogP contribution is 2.50. The Kier molecular flexibility index (Phi) is 6.78. The molecule has 174 valence electrons. The first-order valence-electron chi connectivity index (χ1n) is 10.9. The van der Waals surface area contributed by atoms with Crippen molar-refractivity contribution in [1.29, 1.82) is 0 Å². The second kappa shape index (κ2) is 10.1. The fourth-order valence-corrected chi connectivity index (χ4v) is 3.74. The average Bonchev–Trinajstić information content (AvgIpc) is 2.85. The lowest BCUT2D eigenvalue weighted by atomic mass is 9.96. The number of phenolic OH excluding ortho intramolecular Hbond substituents is 3. The Balaban J connectivity index is 1.74. The monoisotopic (exact) mass is 458 g/mol. The van der Waals surface area contributed by atoms with E-state index in [0.717, 1.165) is 11.1 Å². The maximum atomic E-state index is 11.2. The van der Waals surface area contributed by atoms with E-state index in [-0.39, 0.29) is 23.0 Å². The van der Waals surface area contributed by atoms with Crippen LogP contribution in [0.1, 0.15) is 12.5 Å². The molecule has 6 heteroatoms. The summed E-state index contributed by atoms with van der Waals surface area (Å²) in [5.74, 6) is 0.989. The minimum atomic E-state index is -0.110. The molecule has 0 fully saturated rings. The predicted octanol–water partition coefficient (Wildman–Crippen LogP) is 6.12. The van der Waals surface area contributed by atoms with Crippen molar-refractivity contribution in [3.63, 3.8) is 0 Å². The summed E-state index contributed by atoms with van der Waals surface area (Å²) in [5.41, 5.74) is 3.27. The van der Waals surface area contributed by atoms with Crippen molar-refractivity contribution in [2.45, 2.75) is 13.5 Å². The first-order valence-corrected chi connectivity index (χ1v) is 10.9. The number of ether oxygens (including phenoxy) is 3. The van der Waals surface area contributed by atoms with Gasteiger partial charge >= 0.3 is 0 Å².